The number of nitrogens with one attached hydrogen (secondary N) is 2. The summed E-state index contributed by atoms with van der Waals surface area (Å²) in [6, 6.07) is 20.3. The zero-order chi connectivity index (χ0) is 25.1. The highest BCUT2D eigenvalue weighted by Gasteiger charge is 2.41. The Bertz CT molecular complexity index is 1360. The number of hydrogen-bond donors (Lipinski definition) is 2. The van der Waals surface area contributed by atoms with Crippen LogP contribution in [0.1, 0.15) is 30.0 Å². The molecule has 0 aliphatic carbocycles. The van der Waals surface area contributed by atoms with Gasteiger partial charge in [0, 0.05) is 30.4 Å². The minimum absolute atomic E-state index is 0.149. The molecular formula is C27H22F2N4O2S. The van der Waals surface area contributed by atoms with E-state index in [9.17, 15) is 13.6 Å². The molecule has 0 bridgehead atoms. The molecule has 0 saturated carbocycles. The standard InChI is InChI=1S/C27H22F2N4O2S/c28-18-6-4-17(5-7-18)22-12-13-23(35-22)26-25(21-3-1-2-15-30-21)32-27(36)33(26)16-14-24(34)31-20-10-8-19(29)9-11-20/h1-13,15,25-26H,14,16H2,(H,31,34)(H,32,36)/t25-,26+/m0/s1. The second-order valence-electron chi connectivity index (χ2n) is 8.33. The zero-order valence-electron chi connectivity index (χ0n) is 19.0. The molecule has 1 saturated heterocycles. The summed E-state index contributed by atoms with van der Waals surface area (Å²) in [5.74, 6) is 0.309. The normalized spacial score (nSPS) is 17.2. The molecule has 2 N–H and O–H groups in total. The molecule has 36 heavy (non-hydrogen) atoms. The first-order chi connectivity index (χ1) is 17.5. The average Bonchev–Trinajstić information content (AvgIpc) is 3.50. The van der Waals surface area contributed by atoms with Gasteiger partial charge in [0.05, 0.1) is 11.7 Å². The highest BCUT2D eigenvalue weighted by atomic mass is 32.1. The third-order valence-corrected chi connectivity index (χ3v) is 6.30. The van der Waals surface area contributed by atoms with Gasteiger partial charge >= 0.3 is 0 Å². The number of benzene rings is 2. The van der Waals surface area contributed by atoms with E-state index in [1.807, 2.05) is 35.2 Å². The Kier molecular flexibility index (Phi) is 6.73. The van der Waals surface area contributed by atoms with E-state index < -0.39 is 0 Å². The van der Waals surface area contributed by atoms with Gasteiger partial charge in [-0.05, 0) is 85.0 Å². The maximum atomic E-state index is 13.4. The van der Waals surface area contributed by atoms with Gasteiger partial charge in [0.2, 0.25) is 5.91 Å². The van der Waals surface area contributed by atoms with E-state index in [1.54, 1.807) is 18.3 Å². The number of pyridine rings is 1. The SMILES string of the molecule is O=C(CCN1C(=S)N[C@@H](c2ccccn2)[C@H]1c1ccc(-c2ccc(F)cc2)o1)Nc1ccc(F)cc1. The number of thiocarbonyl (C=S) groups is 1. The van der Waals surface area contributed by atoms with Crippen LogP contribution >= 0.6 is 12.2 Å². The summed E-state index contributed by atoms with van der Waals surface area (Å²) >= 11 is 5.64. The van der Waals surface area contributed by atoms with Gasteiger partial charge in [0.15, 0.2) is 5.11 Å². The van der Waals surface area contributed by atoms with Crippen LogP contribution in [0.15, 0.2) is 89.5 Å². The Morgan fingerprint density at radius 1 is 1.00 bits per heavy atom. The van der Waals surface area contributed by atoms with Crippen LogP contribution in [0, 0.1) is 11.6 Å². The predicted molar refractivity (Wildman–Crippen MR) is 136 cm³/mol. The maximum Gasteiger partial charge on any atom is 0.226 e. The number of halogens is 2. The average molecular weight is 505 g/mol. The van der Waals surface area contributed by atoms with Crippen molar-refractivity contribution in [3.63, 3.8) is 0 Å². The van der Waals surface area contributed by atoms with Crippen molar-refractivity contribution in [1.29, 1.82) is 0 Å². The van der Waals surface area contributed by atoms with Crippen molar-refractivity contribution in [3.8, 4) is 11.3 Å². The van der Waals surface area contributed by atoms with E-state index in [-0.39, 0.29) is 36.0 Å². The van der Waals surface area contributed by atoms with Gasteiger partial charge in [-0.2, -0.15) is 0 Å². The largest absolute Gasteiger partial charge is 0.459 e. The lowest BCUT2D eigenvalue weighted by Crippen LogP contribution is -2.32. The van der Waals surface area contributed by atoms with Crippen LogP contribution in [0.2, 0.25) is 0 Å². The van der Waals surface area contributed by atoms with Gasteiger partial charge in [-0.1, -0.05) is 6.07 Å². The van der Waals surface area contributed by atoms with Crippen molar-refractivity contribution < 1.29 is 18.0 Å². The van der Waals surface area contributed by atoms with Gasteiger partial charge in [-0.25, -0.2) is 8.78 Å². The van der Waals surface area contributed by atoms with Crippen LogP contribution in [0.5, 0.6) is 0 Å². The Balaban J connectivity index is 1.38. The Morgan fingerprint density at radius 3 is 2.42 bits per heavy atom. The Hall–Kier alpha value is -4.11. The van der Waals surface area contributed by atoms with Crippen molar-refractivity contribution in [2.75, 3.05) is 11.9 Å². The highest BCUT2D eigenvalue weighted by molar-refractivity contribution is 7.80. The fourth-order valence-corrected chi connectivity index (χ4v) is 4.55. The van der Waals surface area contributed by atoms with Gasteiger partial charge in [0.25, 0.3) is 0 Å². The van der Waals surface area contributed by atoms with Crippen molar-refractivity contribution in [2.24, 2.45) is 0 Å². The van der Waals surface area contributed by atoms with Crippen LogP contribution in [0.25, 0.3) is 11.3 Å². The number of carbonyl (C=O) groups excluding carboxylic acids is 1. The topological polar surface area (TPSA) is 70.4 Å². The fourth-order valence-electron chi connectivity index (χ4n) is 4.22. The Labute approximate surface area is 212 Å². The van der Waals surface area contributed by atoms with E-state index in [2.05, 4.69) is 15.6 Å². The first-order valence-electron chi connectivity index (χ1n) is 11.4. The van der Waals surface area contributed by atoms with E-state index in [4.69, 9.17) is 16.6 Å². The van der Waals surface area contributed by atoms with Gasteiger partial charge in [-0.3, -0.25) is 9.78 Å². The molecule has 3 heterocycles. The number of rotatable bonds is 7. The minimum atomic E-state index is -0.372. The molecule has 2 aromatic carbocycles. The molecule has 0 unspecified atom stereocenters. The van der Waals surface area contributed by atoms with E-state index in [0.717, 1.165) is 11.3 Å². The van der Waals surface area contributed by atoms with Gasteiger partial charge in [0.1, 0.15) is 29.2 Å². The molecular weight excluding hydrogens is 482 g/mol. The van der Waals surface area contributed by atoms with Gasteiger partial charge in [-0.15, -0.1) is 0 Å². The monoisotopic (exact) mass is 504 g/mol. The molecule has 4 aromatic rings. The quantitative estimate of drug-likeness (QED) is 0.319. The number of carbonyl (C=O) groups is 1. The highest BCUT2D eigenvalue weighted by Crippen LogP contribution is 2.40. The third-order valence-electron chi connectivity index (χ3n) is 5.95. The summed E-state index contributed by atoms with van der Waals surface area (Å²) in [5, 5.41) is 6.57. The van der Waals surface area contributed by atoms with E-state index in [1.165, 1.54) is 36.4 Å². The number of aromatic nitrogens is 1. The lowest BCUT2D eigenvalue weighted by atomic mass is 10.0. The summed E-state index contributed by atoms with van der Waals surface area (Å²) in [5.41, 5.74) is 2.04. The first kappa shape index (κ1) is 23.6. The number of amides is 1. The summed E-state index contributed by atoms with van der Waals surface area (Å²) in [7, 11) is 0. The second kappa shape index (κ2) is 10.2. The number of hydrogen-bond acceptors (Lipinski definition) is 4. The molecule has 0 radical (unpaired) electrons. The van der Waals surface area contributed by atoms with Crippen LogP contribution in [0.4, 0.5) is 14.5 Å². The molecule has 9 heteroatoms. The molecule has 0 spiro atoms. The predicted octanol–water partition coefficient (Wildman–Crippen LogP) is 5.62. The van der Waals surface area contributed by atoms with Crippen molar-refractivity contribution in [1.82, 2.24) is 15.2 Å². The fraction of sp³-hybridized carbons (Fsp3) is 0.148. The molecule has 2 atom stereocenters. The molecule has 1 aliphatic heterocycles. The zero-order valence-corrected chi connectivity index (χ0v) is 19.8. The van der Waals surface area contributed by atoms with E-state index >= 15 is 0 Å². The number of anilines is 1. The summed E-state index contributed by atoms with van der Waals surface area (Å²) in [6.07, 6.45) is 1.86. The lowest BCUT2D eigenvalue weighted by Gasteiger charge is -2.25. The summed E-state index contributed by atoms with van der Waals surface area (Å²) < 4.78 is 32.7. The van der Waals surface area contributed by atoms with Crippen molar-refractivity contribution in [2.45, 2.75) is 18.5 Å². The van der Waals surface area contributed by atoms with Crippen LogP contribution in [-0.4, -0.2) is 27.4 Å². The molecule has 1 amide bonds. The minimum Gasteiger partial charge on any atom is -0.459 e. The molecule has 2 aromatic heterocycles. The van der Waals surface area contributed by atoms with Crippen LogP contribution in [0.3, 0.4) is 0 Å². The molecule has 182 valence electrons. The molecule has 1 fully saturated rings. The lowest BCUT2D eigenvalue weighted by molar-refractivity contribution is -0.116. The third kappa shape index (κ3) is 5.11. The van der Waals surface area contributed by atoms with E-state index in [0.29, 0.717) is 28.9 Å². The van der Waals surface area contributed by atoms with Crippen LogP contribution < -0.4 is 10.6 Å². The van der Waals surface area contributed by atoms with Gasteiger partial charge < -0.3 is 20.0 Å². The van der Waals surface area contributed by atoms with Crippen LogP contribution in [-0.2, 0) is 4.79 Å². The van der Waals surface area contributed by atoms with Crippen molar-refractivity contribution >= 4 is 28.9 Å². The van der Waals surface area contributed by atoms with Crippen molar-refractivity contribution in [3.05, 3.63) is 108 Å². The summed E-state index contributed by atoms with van der Waals surface area (Å²) in [6.45, 7) is 0.319. The molecule has 6 nitrogen and oxygen atoms in total. The first-order valence-corrected chi connectivity index (χ1v) is 11.8. The maximum absolute atomic E-state index is 13.4. The summed E-state index contributed by atoms with van der Waals surface area (Å²) in [4.78, 5) is 19.0. The molecule has 1 aliphatic rings. The number of nitrogens with zero attached hydrogens (tertiary/aromatic N) is 2. The smallest absolute Gasteiger partial charge is 0.226 e. The Morgan fingerprint density at radius 2 is 1.72 bits per heavy atom. The molecule has 5 rings (SSSR count). The number of furan rings is 1. The second-order valence-corrected chi connectivity index (χ2v) is 8.72.